The lowest BCUT2D eigenvalue weighted by Crippen LogP contribution is -2.47. The first-order valence-corrected chi connectivity index (χ1v) is 9.95. The Hall–Kier alpha value is -3.40. The number of amides is 3. The van der Waals surface area contributed by atoms with E-state index in [1.54, 1.807) is 25.3 Å². The first kappa shape index (κ1) is 22.3. The van der Waals surface area contributed by atoms with E-state index < -0.39 is 17.9 Å². The van der Waals surface area contributed by atoms with E-state index in [1.165, 1.54) is 7.11 Å². The van der Waals surface area contributed by atoms with Crippen molar-refractivity contribution in [2.75, 3.05) is 33.9 Å². The lowest BCUT2D eigenvalue weighted by molar-refractivity contribution is -0.130. The van der Waals surface area contributed by atoms with Crippen LogP contribution in [-0.4, -0.2) is 68.4 Å². The average molecular weight is 430 g/mol. The summed E-state index contributed by atoms with van der Waals surface area (Å²) in [6, 6.07) is 6.18. The molecule has 2 unspecified atom stereocenters. The molecule has 1 aromatic carbocycles. The van der Waals surface area contributed by atoms with E-state index in [9.17, 15) is 19.2 Å². The van der Waals surface area contributed by atoms with Gasteiger partial charge in [-0.2, -0.15) is 0 Å². The zero-order valence-electron chi connectivity index (χ0n) is 17.4. The number of nitrogens with one attached hydrogen (secondary N) is 4. The minimum atomic E-state index is -0.865. The van der Waals surface area contributed by atoms with E-state index in [1.807, 2.05) is 6.07 Å². The fourth-order valence-electron chi connectivity index (χ4n) is 3.60. The van der Waals surface area contributed by atoms with Crippen molar-refractivity contribution < 1.29 is 28.7 Å². The highest BCUT2D eigenvalue weighted by molar-refractivity contribution is 6.01. The molecular weight excluding hydrogens is 404 g/mol. The van der Waals surface area contributed by atoms with Crippen LogP contribution >= 0.6 is 0 Å². The van der Waals surface area contributed by atoms with Crippen molar-refractivity contribution in [3.8, 4) is 5.75 Å². The van der Waals surface area contributed by atoms with Gasteiger partial charge < -0.3 is 30.4 Å². The van der Waals surface area contributed by atoms with Crippen LogP contribution in [0, 0.1) is 5.92 Å². The number of methoxy groups -OCH3 is 2. The molecule has 2 atom stereocenters. The molecule has 0 radical (unpaired) electrons. The molecule has 1 aliphatic heterocycles. The number of carbonyl (C=O) groups is 4. The molecular formula is C21H26N4O6. The lowest BCUT2D eigenvalue weighted by Gasteiger charge is -2.19. The van der Waals surface area contributed by atoms with Gasteiger partial charge in [0.1, 0.15) is 18.1 Å². The van der Waals surface area contributed by atoms with Gasteiger partial charge in [0.25, 0.3) is 5.91 Å². The van der Waals surface area contributed by atoms with Crippen LogP contribution < -0.4 is 20.7 Å². The third-order valence-corrected chi connectivity index (χ3v) is 5.19. The van der Waals surface area contributed by atoms with Gasteiger partial charge in [-0.1, -0.05) is 6.07 Å². The van der Waals surface area contributed by atoms with Gasteiger partial charge in [-0.3, -0.25) is 19.2 Å². The number of rotatable bonds is 10. The zero-order chi connectivity index (χ0) is 22.4. The number of aromatic amines is 1. The largest absolute Gasteiger partial charge is 0.496 e. The molecule has 1 fully saturated rings. The van der Waals surface area contributed by atoms with Gasteiger partial charge in [-0.05, 0) is 31.0 Å². The molecule has 10 nitrogen and oxygen atoms in total. The quantitative estimate of drug-likeness (QED) is 0.423. The molecule has 1 aliphatic rings. The minimum absolute atomic E-state index is 0.132. The highest BCUT2D eigenvalue weighted by atomic mass is 16.5. The summed E-state index contributed by atoms with van der Waals surface area (Å²) >= 11 is 0. The van der Waals surface area contributed by atoms with E-state index in [0.717, 1.165) is 10.9 Å². The van der Waals surface area contributed by atoms with Crippen molar-refractivity contribution in [1.29, 1.82) is 0 Å². The fraction of sp³-hybridized carbons (Fsp3) is 0.429. The molecule has 1 saturated heterocycles. The van der Waals surface area contributed by atoms with Gasteiger partial charge in [0.15, 0.2) is 5.78 Å². The van der Waals surface area contributed by atoms with E-state index in [-0.39, 0.29) is 42.9 Å². The summed E-state index contributed by atoms with van der Waals surface area (Å²) < 4.78 is 10.2. The van der Waals surface area contributed by atoms with Crippen molar-refractivity contribution in [3.63, 3.8) is 0 Å². The summed E-state index contributed by atoms with van der Waals surface area (Å²) in [6.07, 6.45) is 0.793. The molecule has 166 valence electrons. The maximum Gasteiger partial charge on any atom is 0.268 e. The van der Waals surface area contributed by atoms with Crippen molar-refractivity contribution in [1.82, 2.24) is 20.9 Å². The number of benzene rings is 1. The average Bonchev–Trinajstić information content (AvgIpc) is 3.37. The van der Waals surface area contributed by atoms with Crippen LogP contribution in [0.4, 0.5) is 0 Å². The Balaban J connectivity index is 1.59. The van der Waals surface area contributed by atoms with E-state index in [4.69, 9.17) is 9.47 Å². The summed E-state index contributed by atoms with van der Waals surface area (Å²) in [7, 11) is 2.93. The summed E-state index contributed by atoms with van der Waals surface area (Å²) in [5.41, 5.74) is 1.01. The summed E-state index contributed by atoms with van der Waals surface area (Å²) in [4.78, 5) is 52.0. The normalized spacial score (nSPS) is 16.6. The zero-order valence-corrected chi connectivity index (χ0v) is 17.4. The second-order valence-electron chi connectivity index (χ2n) is 7.32. The minimum Gasteiger partial charge on any atom is -0.496 e. The van der Waals surface area contributed by atoms with E-state index in [2.05, 4.69) is 20.9 Å². The SMILES string of the molecule is COCC(=O)C(CC1CCNC1=O)NC(=O)CNC(=O)c1cc2c(OC)cccc2[nH]1. The molecule has 0 aliphatic carbocycles. The molecule has 3 rings (SSSR count). The number of hydrogen-bond acceptors (Lipinski definition) is 6. The Kier molecular flexibility index (Phi) is 7.24. The predicted molar refractivity (Wildman–Crippen MR) is 112 cm³/mol. The Labute approximate surface area is 179 Å². The molecule has 0 saturated carbocycles. The van der Waals surface area contributed by atoms with Crippen molar-refractivity contribution in [2.45, 2.75) is 18.9 Å². The van der Waals surface area contributed by atoms with Crippen LogP contribution in [0.5, 0.6) is 5.75 Å². The fourth-order valence-corrected chi connectivity index (χ4v) is 3.60. The summed E-state index contributed by atoms with van der Waals surface area (Å²) in [5, 5.41) is 8.60. The topological polar surface area (TPSA) is 139 Å². The van der Waals surface area contributed by atoms with Gasteiger partial charge >= 0.3 is 0 Å². The number of carbonyl (C=O) groups excluding carboxylic acids is 4. The predicted octanol–water partition coefficient (Wildman–Crippen LogP) is 0.133. The Bertz CT molecular complexity index is 985. The van der Waals surface area contributed by atoms with Crippen LogP contribution in [-0.2, 0) is 19.1 Å². The maximum absolute atomic E-state index is 12.5. The molecule has 31 heavy (non-hydrogen) atoms. The van der Waals surface area contributed by atoms with Crippen LogP contribution in [0.15, 0.2) is 24.3 Å². The summed E-state index contributed by atoms with van der Waals surface area (Å²) in [5.74, 6) is -1.18. The van der Waals surface area contributed by atoms with Crippen LogP contribution in [0.1, 0.15) is 23.3 Å². The molecule has 2 aromatic rings. The molecule has 4 N–H and O–H groups in total. The Morgan fingerprint density at radius 2 is 2.06 bits per heavy atom. The number of ketones is 1. The third kappa shape index (κ3) is 5.40. The number of aromatic nitrogens is 1. The molecule has 3 amide bonds. The highest BCUT2D eigenvalue weighted by Crippen LogP contribution is 2.25. The number of hydrogen-bond donors (Lipinski definition) is 4. The number of ether oxygens (including phenoxy) is 2. The van der Waals surface area contributed by atoms with Crippen molar-refractivity contribution in [2.24, 2.45) is 5.92 Å². The third-order valence-electron chi connectivity index (χ3n) is 5.19. The van der Waals surface area contributed by atoms with Gasteiger partial charge in [-0.15, -0.1) is 0 Å². The highest BCUT2D eigenvalue weighted by Gasteiger charge is 2.31. The molecule has 0 spiro atoms. The standard InChI is InChI=1S/C21H26N4O6/c1-30-11-17(26)15(8-12-6-7-22-20(12)28)25-19(27)10-23-21(29)16-9-13-14(24-16)4-3-5-18(13)31-2/h3-5,9,12,15,24H,6-8,10-11H2,1-2H3,(H,22,28)(H,23,29)(H,25,27). The maximum atomic E-state index is 12.5. The van der Waals surface area contributed by atoms with Gasteiger partial charge in [0, 0.05) is 30.5 Å². The second kappa shape index (κ2) is 10.1. The second-order valence-corrected chi connectivity index (χ2v) is 7.32. The molecule has 1 aromatic heterocycles. The number of Topliss-reactive ketones (excluding diaryl/α,β-unsaturated/α-hetero) is 1. The van der Waals surface area contributed by atoms with Crippen molar-refractivity contribution >= 4 is 34.4 Å². The van der Waals surface area contributed by atoms with Crippen LogP contribution in [0.2, 0.25) is 0 Å². The first-order chi connectivity index (χ1) is 14.9. The number of fused-ring (bicyclic) bond motifs is 1. The monoisotopic (exact) mass is 430 g/mol. The molecule has 2 heterocycles. The number of H-pyrrole nitrogens is 1. The Morgan fingerprint density at radius 1 is 1.26 bits per heavy atom. The van der Waals surface area contributed by atoms with E-state index in [0.29, 0.717) is 18.7 Å². The van der Waals surface area contributed by atoms with Crippen LogP contribution in [0.25, 0.3) is 10.9 Å². The lowest BCUT2D eigenvalue weighted by atomic mass is 9.96. The van der Waals surface area contributed by atoms with Crippen molar-refractivity contribution in [3.05, 3.63) is 30.0 Å². The van der Waals surface area contributed by atoms with Gasteiger partial charge in [-0.25, -0.2) is 0 Å². The van der Waals surface area contributed by atoms with Gasteiger partial charge in [0.05, 0.1) is 19.7 Å². The smallest absolute Gasteiger partial charge is 0.268 e. The summed E-state index contributed by atoms with van der Waals surface area (Å²) in [6.45, 7) is 0.0511. The van der Waals surface area contributed by atoms with E-state index >= 15 is 0 Å². The van der Waals surface area contributed by atoms with Crippen LogP contribution in [0.3, 0.4) is 0 Å². The van der Waals surface area contributed by atoms with Gasteiger partial charge in [0.2, 0.25) is 11.8 Å². The molecule has 10 heteroatoms. The molecule has 0 bridgehead atoms. The first-order valence-electron chi connectivity index (χ1n) is 9.95. The Morgan fingerprint density at radius 3 is 2.74 bits per heavy atom.